The Hall–Kier alpha value is -1.74. The third-order valence-electron chi connectivity index (χ3n) is 3.29. The van der Waals surface area contributed by atoms with Crippen molar-refractivity contribution < 1.29 is 8.78 Å². The highest BCUT2D eigenvalue weighted by Crippen LogP contribution is 2.26. The lowest BCUT2D eigenvalue weighted by Gasteiger charge is -2.27. The topological polar surface area (TPSA) is 26.0 Å². The van der Waals surface area contributed by atoms with Gasteiger partial charge in [0.15, 0.2) is 0 Å². The van der Waals surface area contributed by atoms with Crippen LogP contribution in [0.25, 0.3) is 0 Å². The number of benzene rings is 2. The molecular formula is C16H17F2N. The van der Waals surface area contributed by atoms with Gasteiger partial charge in [-0.25, -0.2) is 8.78 Å². The average Bonchev–Trinajstić information content (AvgIpc) is 2.31. The molecule has 0 radical (unpaired) electrons. The first-order chi connectivity index (χ1) is 8.88. The molecule has 2 aromatic rings. The van der Waals surface area contributed by atoms with Crippen molar-refractivity contribution in [3.05, 3.63) is 70.8 Å². The minimum atomic E-state index is -0.615. The minimum absolute atomic E-state index is 0.263. The molecule has 19 heavy (non-hydrogen) atoms. The van der Waals surface area contributed by atoms with Crippen LogP contribution in [0.3, 0.4) is 0 Å². The quantitative estimate of drug-likeness (QED) is 0.896. The fraction of sp³-hybridized carbons (Fsp3) is 0.250. The van der Waals surface area contributed by atoms with Crippen molar-refractivity contribution in [2.45, 2.75) is 25.8 Å². The lowest BCUT2D eigenvalue weighted by molar-refractivity contribution is 0.486. The molecule has 0 spiro atoms. The van der Waals surface area contributed by atoms with E-state index in [-0.39, 0.29) is 11.6 Å². The van der Waals surface area contributed by atoms with Crippen LogP contribution in [-0.4, -0.2) is 0 Å². The number of hydrogen-bond acceptors (Lipinski definition) is 1. The SMILES string of the molecule is Cc1cc(F)ccc1C(C)(N)Cc1ccc(F)cc1. The van der Waals surface area contributed by atoms with E-state index in [1.807, 2.05) is 13.8 Å². The first-order valence-electron chi connectivity index (χ1n) is 6.18. The van der Waals surface area contributed by atoms with Gasteiger partial charge in [0.1, 0.15) is 11.6 Å². The largest absolute Gasteiger partial charge is 0.321 e. The van der Waals surface area contributed by atoms with E-state index in [0.717, 1.165) is 16.7 Å². The molecule has 100 valence electrons. The van der Waals surface area contributed by atoms with Gasteiger partial charge < -0.3 is 5.73 Å². The van der Waals surface area contributed by atoms with E-state index in [9.17, 15) is 8.78 Å². The van der Waals surface area contributed by atoms with Gasteiger partial charge in [-0.1, -0.05) is 18.2 Å². The highest BCUT2D eigenvalue weighted by atomic mass is 19.1. The normalized spacial score (nSPS) is 14.2. The predicted octanol–water partition coefficient (Wildman–Crippen LogP) is 3.69. The Morgan fingerprint density at radius 3 is 2.16 bits per heavy atom. The van der Waals surface area contributed by atoms with Gasteiger partial charge in [0.2, 0.25) is 0 Å². The van der Waals surface area contributed by atoms with E-state index < -0.39 is 5.54 Å². The van der Waals surface area contributed by atoms with Crippen LogP contribution in [-0.2, 0) is 12.0 Å². The van der Waals surface area contributed by atoms with Gasteiger partial charge in [0, 0.05) is 5.54 Å². The Bertz CT molecular complexity index is 574. The second-order valence-corrected chi connectivity index (χ2v) is 5.18. The zero-order valence-corrected chi connectivity index (χ0v) is 11.1. The zero-order chi connectivity index (χ0) is 14.0. The van der Waals surface area contributed by atoms with Crippen molar-refractivity contribution in [2.75, 3.05) is 0 Å². The Morgan fingerprint density at radius 1 is 1.00 bits per heavy atom. The van der Waals surface area contributed by atoms with Crippen molar-refractivity contribution >= 4 is 0 Å². The Kier molecular flexibility index (Phi) is 3.67. The standard InChI is InChI=1S/C16H17F2N/c1-11-9-14(18)7-8-15(11)16(2,19)10-12-3-5-13(17)6-4-12/h3-9H,10,19H2,1-2H3. The van der Waals surface area contributed by atoms with Gasteiger partial charge >= 0.3 is 0 Å². The van der Waals surface area contributed by atoms with E-state index in [1.165, 1.54) is 24.3 Å². The molecule has 1 atom stereocenters. The molecule has 0 bridgehead atoms. The first kappa shape index (κ1) is 13.7. The molecule has 0 saturated heterocycles. The maximum Gasteiger partial charge on any atom is 0.123 e. The van der Waals surface area contributed by atoms with Gasteiger partial charge in [0.05, 0.1) is 0 Å². The fourth-order valence-electron chi connectivity index (χ4n) is 2.39. The summed E-state index contributed by atoms with van der Waals surface area (Å²) in [5.41, 5.74) is 8.41. The van der Waals surface area contributed by atoms with Crippen molar-refractivity contribution in [1.82, 2.24) is 0 Å². The van der Waals surface area contributed by atoms with E-state index in [1.54, 1.807) is 18.2 Å². The summed E-state index contributed by atoms with van der Waals surface area (Å²) in [4.78, 5) is 0. The summed E-state index contributed by atoms with van der Waals surface area (Å²) < 4.78 is 26.0. The van der Waals surface area contributed by atoms with E-state index in [0.29, 0.717) is 6.42 Å². The van der Waals surface area contributed by atoms with E-state index >= 15 is 0 Å². The van der Waals surface area contributed by atoms with Crippen molar-refractivity contribution in [2.24, 2.45) is 5.73 Å². The van der Waals surface area contributed by atoms with Crippen LogP contribution in [0.15, 0.2) is 42.5 Å². The third-order valence-corrected chi connectivity index (χ3v) is 3.29. The predicted molar refractivity (Wildman–Crippen MR) is 72.8 cm³/mol. The van der Waals surface area contributed by atoms with Crippen LogP contribution in [0.1, 0.15) is 23.6 Å². The maximum atomic E-state index is 13.1. The highest BCUT2D eigenvalue weighted by molar-refractivity contribution is 5.34. The molecule has 0 fully saturated rings. The monoisotopic (exact) mass is 261 g/mol. The van der Waals surface area contributed by atoms with Crippen LogP contribution in [0.2, 0.25) is 0 Å². The molecule has 0 aliphatic carbocycles. The molecule has 0 aromatic heterocycles. The van der Waals surface area contributed by atoms with Gasteiger partial charge in [-0.3, -0.25) is 0 Å². The van der Waals surface area contributed by atoms with Crippen LogP contribution >= 0.6 is 0 Å². The summed E-state index contributed by atoms with van der Waals surface area (Å²) in [6.45, 7) is 3.74. The average molecular weight is 261 g/mol. The highest BCUT2D eigenvalue weighted by Gasteiger charge is 2.23. The van der Waals surface area contributed by atoms with Crippen LogP contribution in [0.4, 0.5) is 8.78 Å². The number of aryl methyl sites for hydroxylation is 1. The first-order valence-corrected chi connectivity index (χ1v) is 6.18. The Balaban J connectivity index is 2.29. The lowest BCUT2D eigenvalue weighted by Crippen LogP contribution is -2.36. The zero-order valence-electron chi connectivity index (χ0n) is 11.1. The van der Waals surface area contributed by atoms with Gasteiger partial charge in [0.25, 0.3) is 0 Å². The summed E-state index contributed by atoms with van der Waals surface area (Å²) in [6.07, 6.45) is 0.569. The number of hydrogen-bond donors (Lipinski definition) is 1. The lowest BCUT2D eigenvalue weighted by atomic mass is 9.84. The van der Waals surface area contributed by atoms with Crippen molar-refractivity contribution in [3.63, 3.8) is 0 Å². The van der Waals surface area contributed by atoms with Crippen LogP contribution < -0.4 is 5.73 Å². The second-order valence-electron chi connectivity index (χ2n) is 5.18. The number of halogens is 2. The Labute approximate surface area is 112 Å². The molecule has 0 heterocycles. The van der Waals surface area contributed by atoms with E-state index in [2.05, 4.69) is 0 Å². The molecule has 3 heteroatoms. The van der Waals surface area contributed by atoms with E-state index in [4.69, 9.17) is 5.73 Å². The molecule has 0 amide bonds. The summed E-state index contributed by atoms with van der Waals surface area (Å²) in [5, 5.41) is 0. The molecule has 1 unspecified atom stereocenters. The summed E-state index contributed by atoms with van der Waals surface area (Å²) >= 11 is 0. The third kappa shape index (κ3) is 3.18. The van der Waals surface area contributed by atoms with Crippen molar-refractivity contribution in [3.8, 4) is 0 Å². The molecule has 2 aromatic carbocycles. The molecule has 0 aliphatic heterocycles. The smallest absolute Gasteiger partial charge is 0.123 e. The second kappa shape index (κ2) is 5.10. The molecule has 2 rings (SSSR count). The van der Waals surface area contributed by atoms with Gasteiger partial charge in [-0.15, -0.1) is 0 Å². The molecule has 2 N–H and O–H groups in total. The molecule has 0 saturated carbocycles. The number of nitrogens with two attached hydrogens (primary N) is 1. The maximum absolute atomic E-state index is 13.1. The Morgan fingerprint density at radius 2 is 1.58 bits per heavy atom. The number of rotatable bonds is 3. The summed E-state index contributed by atoms with van der Waals surface area (Å²) in [7, 11) is 0. The van der Waals surface area contributed by atoms with Crippen LogP contribution in [0, 0.1) is 18.6 Å². The molecule has 0 aliphatic rings. The van der Waals surface area contributed by atoms with Crippen LogP contribution in [0.5, 0.6) is 0 Å². The van der Waals surface area contributed by atoms with Gasteiger partial charge in [-0.05, 0) is 61.2 Å². The summed E-state index contributed by atoms with van der Waals surface area (Å²) in [6, 6.07) is 10.9. The summed E-state index contributed by atoms with van der Waals surface area (Å²) in [5.74, 6) is -0.528. The molecule has 1 nitrogen and oxygen atoms in total. The van der Waals surface area contributed by atoms with Crippen molar-refractivity contribution in [1.29, 1.82) is 0 Å². The minimum Gasteiger partial charge on any atom is -0.321 e. The molecular weight excluding hydrogens is 244 g/mol. The van der Waals surface area contributed by atoms with Gasteiger partial charge in [-0.2, -0.15) is 0 Å². The fourth-order valence-corrected chi connectivity index (χ4v) is 2.39.